The lowest BCUT2D eigenvalue weighted by Crippen LogP contribution is -2.47. The summed E-state index contributed by atoms with van der Waals surface area (Å²) in [7, 11) is 3.77. The number of anilines is 1. The highest BCUT2D eigenvalue weighted by atomic mass is 16.5. The van der Waals surface area contributed by atoms with Crippen molar-refractivity contribution in [3.8, 4) is 0 Å². The summed E-state index contributed by atoms with van der Waals surface area (Å²) in [5, 5.41) is 7.77. The lowest BCUT2D eigenvalue weighted by atomic mass is 9.94. The molecule has 5 nitrogen and oxygen atoms in total. The van der Waals surface area contributed by atoms with E-state index in [1.807, 2.05) is 10.9 Å². The second-order valence-corrected chi connectivity index (χ2v) is 5.06. The third-order valence-electron chi connectivity index (χ3n) is 3.79. The summed E-state index contributed by atoms with van der Waals surface area (Å²) in [6, 6.07) is 0.643. The average molecular weight is 252 g/mol. The molecule has 1 saturated heterocycles. The van der Waals surface area contributed by atoms with Crippen LogP contribution >= 0.6 is 0 Å². The smallest absolute Gasteiger partial charge is 0.0752 e. The largest absolute Gasteiger partial charge is 0.383 e. The van der Waals surface area contributed by atoms with Crippen molar-refractivity contribution in [2.24, 2.45) is 5.92 Å². The molecule has 0 spiro atoms. The summed E-state index contributed by atoms with van der Waals surface area (Å²) in [5.74, 6) is 0.672. The lowest BCUT2D eigenvalue weighted by Gasteiger charge is -2.37. The van der Waals surface area contributed by atoms with Crippen LogP contribution in [0.2, 0.25) is 0 Å². The van der Waals surface area contributed by atoms with Gasteiger partial charge in [-0.15, -0.1) is 0 Å². The first kappa shape index (κ1) is 13.4. The highest BCUT2D eigenvalue weighted by Crippen LogP contribution is 2.22. The monoisotopic (exact) mass is 252 g/mol. The van der Waals surface area contributed by atoms with Crippen molar-refractivity contribution >= 4 is 5.69 Å². The summed E-state index contributed by atoms with van der Waals surface area (Å²) in [6.45, 7) is 6.04. The first-order valence-corrected chi connectivity index (χ1v) is 6.68. The average Bonchev–Trinajstić information content (AvgIpc) is 2.85. The quantitative estimate of drug-likeness (QED) is 0.848. The van der Waals surface area contributed by atoms with Crippen molar-refractivity contribution in [1.82, 2.24) is 15.1 Å². The second kappa shape index (κ2) is 6.20. The van der Waals surface area contributed by atoms with Crippen molar-refractivity contribution in [2.45, 2.75) is 25.9 Å². The predicted molar refractivity (Wildman–Crippen MR) is 72.9 cm³/mol. The van der Waals surface area contributed by atoms with E-state index in [1.165, 1.54) is 12.1 Å². The van der Waals surface area contributed by atoms with Gasteiger partial charge in [-0.1, -0.05) is 6.92 Å². The molecule has 2 heterocycles. The van der Waals surface area contributed by atoms with Gasteiger partial charge in [0.2, 0.25) is 0 Å². The molecule has 0 saturated carbocycles. The Morgan fingerprint density at radius 3 is 3.06 bits per heavy atom. The zero-order chi connectivity index (χ0) is 13.0. The molecule has 1 N–H and O–H groups in total. The van der Waals surface area contributed by atoms with E-state index in [-0.39, 0.29) is 0 Å². The molecule has 1 aromatic rings. The number of rotatable bonds is 5. The minimum Gasteiger partial charge on any atom is -0.383 e. The molecule has 0 bridgehead atoms. The molecule has 2 atom stereocenters. The molecule has 2 unspecified atom stereocenters. The first-order valence-electron chi connectivity index (χ1n) is 6.68. The van der Waals surface area contributed by atoms with Gasteiger partial charge in [-0.05, 0) is 19.4 Å². The molecule has 5 heteroatoms. The van der Waals surface area contributed by atoms with Crippen LogP contribution < -0.4 is 10.2 Å². The van der Waals surface area contributed by atoms with E-state index >= 15 is 0 Å². The Bertz CT molecular complexity index is 366. The van der Waals surface area contributed by atoms with Gasteiger partial charge in [-0.2, -0.15) is 5.10 Å². The van der Waals surface area contributed by atoms with Crippen LogP contribution in [-0.4, -0.2) is 49.7 Å². The first-order chi connectivity index (χ1) is 8.74. The zero-order valence-corrected chi connectivity index (χ0v) is 11.6. The Morgan fingerprint density at radius 2 is 2.39 bits per heavy atom. The molecule has 102 valence electrons. The topological polar surface area (TPSA) is 42.3 Å². The van der Waals surface area contributed by atoms with Gasteiger partial charge in [-0.3, -0.25) is 4.68 Å². The highest BCUT2D eigenvalue weighted by Gasteiger charge is 2.25. The van der Waals surface area contributed by atoms with Gasteiger partial charge in [0.25, 0.3) is 0 Å². The van der Waals surface area contributed by atoms with Crippen molar-refractivity contribution in [1.29, 1.82) is 0 Å². The van der Waals surface area contributed by atoms with Gasteiger partial charge in [0.15, 0.2) is 0 Å². The van der Waals surface area contributed by atoms with Crippen LogP contribution in [0.5, 0.6) is 0 Å². The molecule has 0 amide bonds. The number of hydrogen-bond donors (Lipinski definition) is 1. The molecule has 1 aliphatic heterocycles. The molecule has 0 radical (unpaired) electrons. The van der Waals surface area contributed by atoms with E-state index in [9.17, 15) is 0 Å². The highest BCUT2D eigenvalue weighted by molar-refractivity contribution is 5.43. The number of methoxy groups -OCH3 is 1. The van der Waals surface area contributed by atoms with Gasteiger partial charge in [0.05, 0.1) is 25.0 Å². The number of aromatic nitrogens is 2. The van der Waals surface area contributed by atoms with Gasteiger partial charge < -0.3 is 15.0 Å². The van der Waals surface area contributed by atoms with Crippen molar-refractivity contribution in [2.75, 3.05) is 38.8 Å². The minimum atomic E-state index is 0.643. The number of nitrogens with zero attached hydrogens (tertiary/aromatic N) is 3. The summed E-state index contributed by atoms with van der Waals surface area (Å²) in [5.41, 5.74) is 1.23. The van der Waals surface area contributed by atoms with Crippen LogP contribution in [0, 0.1) is 5.92 Å². The molecule has 0 aliphatic carbocycles. The third-order valence-corrected chi connectivity index (χ3v) is 3.79. The zero-order valence-electron chi connectivity index (χ0n) is 11.6. The SMILES string of the molecule is CNC1CCN(c2cnn(CCOC)c2)CC1C. The molecule has 1 fully saturated rings. The fourth-order valence-electron chi connectivity index (χ4n) is 2.63. The van der Waals surface area contributed by atoms with Gasteiger partial charge in [-0.25, -0.2) is 0 Å². The molecule has 2 rings (SSSR count). The van der Waals surface area contributed by atoms with E-state index in [4.69, 9.17) is 4.74 Å². The fourth-order valence-corrected chi connectivity index (χ4v) is 2.63. The van der Waals surface area contributed by atoms with Crippen LogP contribution in [0.15, 0.2) is 12.4 Å². The van der Waals surface area contributed by atoms with E-state index < -0.39 is 0 Å². The minimum absolute atomic E-state index is 0.643. The molecule has 1 aliphatic rings. The Labute approximate surface area is 109 Å². The molecular weight excluding hydrogens is 228 g/mol. The third kappa shape index (κ3) is 3.03. The van der Waals surface area contributed by atoms with Crippen LogP contribution in [0.25, 0.3) is 0 Å². The summed E-state index contributed by atoms with van der Waals surface area (Å²) >= 11 is 0. The van der Waals surface area contributed by atoms with Gasteiger partial charge in [0, 0.05) is 32.4 Å². The molecular formula is C13H24N4O. The van der Waals surface area contributed by atoms with E-state index in [2.05, 4.69) is 35.5 Å². The number of piperidine rings is 1. The number of ether oxygens (including phenoxy) is 1. The van der Waals surface area contributed by atoms with E-state index in [0.717, 1.165) is 19.6 Å². The normalized spacial score (nSPS) is 24.5. The molecule has 1 aromatic heterocycles. The second-order valence-electron chi connectivity index (χ2n) is 5.06. The Kier molecular flexibility index (Phi) is 4.60. The number of nitrogens with one attached hydrogen (secondary N) is 1. The Morgan fingerprint density at radius 1 is 1.56 bits per heavy atom. The van der Waals surface area contributed by atoms with Crippen LogP contribution in [0.3, 0.4) is 0 Å². The maximum Gasteiger partial charge on any atom is 0.0752 e. The van der Waals surface area contributed by atoms with Crippen molar-refractivity contribution < 1.29 is 4.74 Å². The summed E-state index contributed by atoms with van der Waals surface area (Å²) in [6.07, 6.45) is 5.27. The van der Waals surface area contributed by atoms with Crippen LogP contribution in [-0.2, 0) is 11.3 Å². The molecule has 18 heavy (non-hydrogen) atoms. The lowest BCUT2D eigenvalue weighted by molar-refractivity contribution is 0.183. The number of hydrogen-bond acceptors (Lipinski definition) is 4. The van der Waals surface area contributed by atoms with E-state index in [1.54, 1.807) is 7.11 Å². The van der Waals surface area contributed by atoms with Crippen molar-refractivity contribution in [3.05, 3.63) is 12.4 Å². The fraction of sp³-hybridized carbons (Fsp3) is 0.769. The van der Waals surface area contributed by atoms with Gasteiger partial charge in [0.1, 0.15) is 0 Å². The summed E-state index contributed by atoms with van der Waals surface area (Å²) in [4.78, 5) is 2.43. The Hall–Kier alpha value is -1.07. The van der Waals surface area contributed by atoms with Crippen molar-refractivity contribution in [3.63, 3.8) is 0 Å². The standard InChI is InChI=1S/C13H24N4O/c1-11-9-16(5-4-13(11)14-2)12-8-15-17(10-12)6-7-18-3/h8,10-11,13-14H,4-7,9H2,1-3H3. The van der Waals surface area contributed by atoms with E-state index in [0.29, 0.717) is 18.6 Å². The van der Waals surface area contributed by atoms with Crippen LogP contribution in [0.1, 0.15) is 13.3 Å². The maximum absolute atomic E-state index is 5.06. The Balaban J connectivity index is 1.93. The summed E-state index contributed by atoms with van der Waals surface area (Å²) < 4.78 is 7.02. The molecule has 0 aromatic carbocycles. The van der Waals surface area contributed by atoms with Gasteiger partial charge >= 0.3 is 0 Å². The predicted octanol–water partition coefficient (Wildman–Crippen LogP) is 0.964. The van der Waals surface area contributed by atoms with Crippen LogP contribution in [0.4, 0.5) is 5.69 Å². The maximum atomic E-state index is 5.06.